The van der Waals surface area contributed by atoms with Crippen molar-refractivity contribution in [3.05, 3.63) is 22.2 Å². The summed E-state index contributed by atoms with van der Waals surface area (Å²) in [4.78, 5) is 21.3. The molecule has 106 valence electrons. The Kier molecular flexibility index (Phi) is 4.24. The van der Waals surface area contributed by atoms with E-state index in [-0.39, 0.29) is 17.5 Å². The summed E-state index contributed by atoms with van der Waals surface area (Å²) in [6, 6.07) is 1.86. The Hall–Kier alpha value is -1.36. The maximum Gasteiger partial charge on any atom is 0.252 e. The Bertz CT molecular complexity index is 483. The molecule has 0 radical (unpaired) electrons. The second-order valence-corrected chi connectivity index (χ2v) is 5.71. The molecule has 2 atom stereocenters. The van der Waals surface area contributed by atoms with Gasteiger partial charge in [0, 0.05) is 31.1 Å². The molecule has 0 aromatic carbocycles. The van der Waals surface area contributed by atoms with Gasteiger partial charge in [-0.15, -0.1) is 0 Å². The Morgan fingerprint density at radius 2 is 2.32 bits per heavy atom. The zero-order valence-electron chi connectivity index (χ0n) is 12.0. The van der Waals surface area contributed by atoms with Gasteiger partial charge < -0.3 is 15.6 Å². The van der Waals surface area contributed by atoms with Crippen LogP contribution in [0.15, 0.2) is 10.9 Å². The molecule has 2 heterocycles. The van der Waals surface area contributed by atoms with Crippen molar-refractivity contribution in [3.63, 3.8) is 0 Å². The third-order valence-corrected chi connectivity index (χ3v) is 3.93. The molecular weight excluding hydrogens is 240 g/mol. The lowest BCUT2D eigenvalue weighted by atomic mass is 9.91. The standard InChI is InChI=1S/C14H24N4O/c1-4-10-8-18(6-5-11(10)15)12-7-13(19)17-14(16-12)9(2)3/h7,9-11H,4-6,8,15H2,1-3H3,(H,16,17,19). The zero-order chi connectivity index (χ0) is 14.0. The molecule has 1 aliphatic rings. The van der Waals surface area contributed by atoms with Gasteiger partial charge in [-0.05, 0) is 12.3 Å². The van der Waals surface area contributed by atoms with Crippen molar-refractivity contribution in [2.75, 3.05) is 18.0 Å². The fourth-order valence-electron chi connectivity index (χ4n) is 2.59. The Labute approximate surface area is 114 Å². The first-order valence-corrected chi connectivity index (χ1v) is 7.13. The molecule has 5 heteroatoms. The van der Waals surface area contributed by atoms with Crippen LogP contribution in [-0.2, 0) is 0 Å². The van der Waals surface area contributed by atoms with Crippen molar-refractivity contribution in [2.45, 2.75) is 45.6 Å². The van der Waals surface area contributed by atoms with Crippen LogP contribution in [0.1, 0.15) is 45.4 Å². The van der Waals surface area contributed by atoms with E-state index in [0.717, 1.165) is 37.6 Å². The Morgan fingerprint density at radius 1 is 1.58 bits per heavy atom. The van der Waals surface area contributed by atoms with E-state index in [1.807, 2.05) is 13.8 Å². The number of nitrogens with two attached hydrogens (primary N) is 1. The predicted octanol–water partition coefficient (Wildman–Crippen LogP) is 1.46. The fraction of sp³-hybridized carbons (Fsp3) is 0.714. The van der Waals surface area contributed by atoms with Crippen LogP contribution in [0.5, 0.6) is 0 Å². The second-order valence-electron chi connectivity index (χ2n) is 5.71. The smallest absolute Gasteiger partial charge is 0.252 e. The molecular formula is C14H24N4O. The van der Waals surface area contributed by atoms with Gasteiger partial charge >= 0.3 is 0 Å². The summed E-state index contributed by atoms with van der Waals surface area (Å²) in [6.07, 6.45) is 2.03. The summed E-state index contributed by atoms with van der Waals surface area (Å²) in [5, 5.41) is 0. The average Bonchev–Trinajstić information content (AvgIpc) is 2.38. The van der Waals surface area contributed by atoms with E-state index in [9.17, 15) is 4.79 Å². The van der Waals surface area contributed by atoms with E-state index < -0.39 is 0 Å². The molecule has 1 aromatic rings. The molecule has 0 saturated carbocycles. The number of hydrogen-bond acceptors (Lipinski definition) is 4. The van der Waals surface area contributed by atoms with Crippen molar-refractivity contribution in [1.29, 1.82) is 0 Å². The Morgan fingerprint density at radius 3 is 2.95 bits per heavy atom. The average molecular weight is 264 g/mol. The maximum atomic E-state index is 11.7. The SMILES string of the molecule is CCC1CN(c2cc(=O)[nH]c(C(C)C)n2)CCC1N. The number of hydrogen-bond donors (Lipinski definition) is 2. The van der Waals surface area contributed by atoms with Crippen LogP contribution in [0.25, 0.3) is 0 Å². The third kappa shape index (κ3) is 3.15. The van der Waals surface area contributed by atoms with E-state index in [4.69, 9.17) is 5.73 Å². The number of aromatic amines is 1. The largest absolute Gasteiger partial charge is 0.356 e. The van der Waals surface area contributed by atoms with Crippen LogP contribution >= 0.6 is 0 Å². The van der Waals surface area contributed by atoms with Crippen molar-refractivity contribution in [3.8, 4) is 0 Å². The minimum Gasteiger partial charge on any atom is -0.356 e. The summed E-state index contributed by atoms with van der Waals surface area (Å²) in [5.74, 6) is 2.25. The molecule has 0 bridgehead atoms. The van der Waals surface area contributed by atoms with Crippen LogP contribution in [0, 0.1) is 5.92 Å². The van der Waals surface area contributed by atoms with Crippen molar-refractivity contribution >= 4 is 5.82 Å². The molecule has 1 aromatic heterocycles. The number of aromatic nitrogens is 2. The minimum atomic E-state index is -0.0726. The van der Waals surface area contributed by atoms with Crippen LogP contribution in [0.4, 0.5) is 5.82 Å². The quantitative estimate of drug-likeness (QED) is 0.866. The van der Waals surface area contributed by atoms with E-state index in [0.29, 0.717) is 5.92 Å². The second kappa shape index (κ2) is 5.74. The fourth-order valence-corrected chi connectivity index (χ4v) is 2.59. The number of rotatable bonds is 3. The van der Waals surface area contributed by atoms with Crippen LogP contribution in [0.2, 0.25) is 0 Å². The normalized spacial score (nSPS) is 23.9. The van der Waals surface area contributed by atoms with Crippen molar-refractivity contribution in [1.82, 2.24) is 9.97 Å². The van der Waals surface area contributed by atoms with E-state index in [1.165, 1.54) is 0 Å². The first kappa shape index (κ1) is 14.1. The highest BCUT2D eigenvalue weighted by atomic mass is 16.1. The highest BCUT2D eigenvalue weighted by molar-refractivity contribution is 5.38. The van der Waals surface area contributed by atoms with Gasteiger partial charge in [0.25, 0.3) is 5.56 Å². The highest BCUT2D eigenvalue weighted by Gasteiger charge is 2.26. The summed E-state index contributed by atoms with van der Waals surface area (Å²) < 4.78 is 0. The number of nitrogens with zero attached hydrogens (tertiary/aromatic N) is 2. The zero-order valence-corrected chi connectivity index (χ0v) is 12.0. The maximum absolute atomic E-state index is 11.7. The van der Waals surface area contributed by atoms with Gasteiger partial charge in [0.15, 0.2) is 0 Å². The van der Waals surface area contributed by atoms with Crippen molar-refractivity contribution in [2.24, 2.45) is 11.7 Å². The van der Waals surface area contributed by atoms with Gasteiger partial charge in [-0.2, -0.15) is 0 Å². The monoisotopic (exact) mass is 264 g/mol. The van der Waals surface area contributed by atoms with E-state index >= 15 is 0 Å². The number of nitrogens with one attached hydrogen (secondary N) is 1. The number of piperidine rings is 1. The van der Waals surface area contributed by atoms with Gasteiger partial charge in [0.2, 0.25) is 0 Å². The van der Waals surface area contributed by atoms with E-state index in [1.54, 1.807) is 6.07 Å². The molecule has 1 saturated heterocycles. The van der Waals surface area contributed by atoms with Gasteiger partial charge in [0.1, 0.15) is 11.6 Å². The van der Waals surface area contributed by atoms with Gasteiger partial charge in [-0.1, -0.05) is 27.2 Å². The lowest BCUT2D eigenvalue weighted by Gasteiger charge is -2.37. The highest BCUT2D eigenvalue weighted by Crippen LogP contribution is 2.23. The lowest BCUT2D eigenvalue weighted by molar-refractivity contribution is 0.346. The van der Waals surface area contributed by atoms with Crippen LogP contribution in [-0.4, -0.2) is 29.1 Å². The van der Waals surface area contributed by atoms with Crippen molar-refractivity contribution < 1.29 is 0 Å². The van der Waals surface area contributed by atoms with E-state index in [2.05, 4.69) is 21.8 Å². The van der Waals surface area contributed by atoms with Gasteiger partial charge in [-0.3, -0.25) is 4.79 Å². The topological polar surface area (TPSA) is 75.0 Å². The molecule has 1 fully saturated rings. The first-order valence-electron chi connectivity index (χ1n) is 7.13. The molecule has 5 nitrogen and oxygen atoms in total. The molecule has 1 aliphatic heterocycles. The summed E-state index contributed by atoms with van der Waals surface area (Å²) in [7, 11) is 0. The summed E-state index contributed by atoms with van der Waals surface area (Å²) >= 11 is 0. The van der Waals surface area contributed by atoms with Gasteiger partial charge in [-0.25, -0.2) is 4.98 Å². The van der Waals surface area contributed by atoms with Crippen LogP contribution < -0.4 is 16.2 Å². The third-order valence-electron chi connectivity index (χ3n) is 3.93. The summed E-state index contributed by atoms with van der Waals surface area (Å²) in [6.45, 7) is 8.00. The van der Waals surface area contributed by atoms with Gasteiger partial charge in [0.05, 0.1) is 0 Å². The first-order chi connectivity index (χ1) is 9.01. The molecule has 2 unspecified atom stereocenters. The molecule has 2 rings (SSSR count). The molecule has 0 amide bonds. The molecule has 0 aliphatic carbocycles. The number of anilines is 1. The lowest BCUT2D eigenvalue weighted by Crippen LogP contribution is -2.47. The molecule has 0 spiro atoms. The molecule has 3 N–H and O–H groups in total. The Balaban J connectivity index is 2.24. The van der Waals surface area contributed by atoms with Crippen LogP contribution in [0.3, 0.4) is 0 Å². The summed E-state index contributed by atoms with van der Waals surface area (Å²) in [5.41, 5.74) is 6.05. The minimum absolute atomic E-state index is 0.0726. The number of H-pyrrole nitrogens is 1. The molecule has 19 heavy (non-hydrogen) atoms. The predicted molar refractivity (Wildman–Crippen MR) is 77.5 cm³/mol.